The molecule has 28 heavy (non-hydrogen) atoms. The van der Waals surface area contributed by atoms with Gasteiger partial charge < -0.3 is 15.0 Å². The molecule has 1 aliphatic heterocycles. The second-order valence-electron chi connectivity index (χ2n) is 6.61. The van der Waals surface area contributed by atoms with Crippen molar-refractivity contribution in [1.29, 1.82) is 0 Å². The molecule has 142 valence electrons. The molecule has 0 saturated carbocycles. The van der Waals surface area contributed by atoms with Gasteiger partial charge in [0.25, 0.3) is 11.8 Å². The summed E-state index contributed by atoms with van der Waals surface area (Å²) in [7, 11) is 1.67. The van der Waals surface area contributed by atoms with Crippen molar-refractivity contribution in [1.82, 2.24) is 15.1 Å². The molecular weight excluding hydrogens is 356 g/mol. The summed E-state index contributed by atoms with van der Waals surface area (Å²) in [6.07, 6.45) is 3.17. The Morgan fingerprint density at radius 3 is 2.75 bits per heavy atom. The molecule has 0 fully saturated rings. The highest BCUT2D eigenvalue weighted by atomic mass is 16.5. The molecule has 4 rings (SSSR count). The molecule has 2 amide bonds. The van der Waals surface area contributed by atoms with Crippen LogP contribution in [0.4, 0.5) is 5.69 Å². The minimum absolute atomic E-state index is 0.0735. The average Bonchev–Trinajstić information content (AvgIpc) is 3.15. The number of para-hydroxylation sites is 2. The van der Waals surface area contributed by atoms with E-state index in [1.807, 2.05) is 48.5 Å². The highest BCUT2D eigenvalue weighted by molar-refractivity contribution is 6.03. The van der Waals surface area contributed by atoms with E-state index in [1.165, 1.54) is 11.1 Å². The lowest BCUT2D eigenvalue weighted by molar-refractivity contribution is -0.120. The van der Waals surface area contributed by atoms with Crippen LogP contribution >= 0.6 is 0 Å². The number of hydrogen-bond donors (Lipinski definition) is 1. The second kappa shape index (κ2) is 7.56. The standard InChI is InChI=1S/C21H20N4O3/c1-24-18-9-5-6-10-19(18)28-14-17(21(24)27)23-20(26)16-11-22-25(13-16)12-15-7-3-2-4-8-15/h2-11,13,17H,12,14H2,1H3,(H,23,26)/t17-/m1/s1. The molecular formula is C21H20N4O3. The van der Waals surface area contributed by atoms with E-state index in [0.717, 1.165) is 5.56 Å². The molecule has 1 aromatic heterocycles. The molecule has 2 heterocycles. The topological polar surface area (TPSA) is 76.5 Å². The summed E-state index contributed by atoms with van der Waals surface area (Å²) >= 11 is 0. The Morgan fingerprint density at radius 1 is 1.18 bits per heavy atom. The third-order valence-electron chi connectivity index (χ3n) is 4.65. The van der Waals surface area contributed by atoms with E-state index in [1.54, 1.807) is 24.0 Å². The summed E-state index contributed by atoms with van der Waals surface area (Å²) in [4.78, 5) is 26.9. The van der Waals surface area contributed by atoms with Crippen LogP contribution in [0.25, 0.3) is 0 Å². The highest BCUT2D eigenvalue weighted by Crippen LogP contribution is 2.29. The van der Waals surface area contributed by atoms with Gasteiger partial charge >= 0.3 is 0 Å². The van der Waals surface area contributed by atoms with Crippen molar-refractivity contribution in [3.63, 3.8) is 0 Å². The van der Waals surface area contributed by atoms with Crippen molar-refractivity contribution >= 4 is 17.5 Å². The van der Waals surface area contributed by atoms with Crippen LogP contribution in [0, 0.1) is 0 Å². The number of ether oxygens (including phenoxy) is 1. The highest BCUT2D eigenvalue weighted by Gasteiger charge is 2.30. The first-order chi connectivity index (χ1) is 13.6. The molecule has 2 aromatic carbocycles. The molecule has 0 bridgehead atoms. The maximum atomic E-state index is 12.7. The first kappa shape index (κ1) is 17.8. The third-order valence-corrected chi connectivity index (χ3v) is 4.65. The van der Waals surface area contributed by atoms with Crippen LogP contribution in [-0.4, -0.2) is 41.3 Å². The van der Waals surface area contributed by atoms with Gasteiger partial charge in [0.2, 0.25) is 0 Å². The number of amides is 2. The predicted octanol–water partition coefficient (Wildman–Crippen LogP) is 2.09. The number of aromatic nitrogens is 2. The number of carbonyl (C=O) groups excluding carboxylic acids is 2. The lowest BCUT2D eigenvalue weighted by Crippen LogP contribution is -2.49. The van der Waals surface area contributed by atoms with Crippen LogP contribution in [0.5, 0.6) is 5.75 Å². The average molecular weight is 376 g/mol. The van der Waals surface area contributed by atoms with Gasteiger partial charge in [0, 0.05) is 13.2 Å². The molecule has 3 aromatic rings. The van der Waals surface area contributed by atoms with Gasteiger partial charge in [0.15, 0.2) is 0 Å². The molecule has 7 nitrogen and oxygen atoms in total. The first-order valence-corrected chi connectivity index (χ1v) is 8.98. The maximum absolute atomic E-state index is 12.7. The zero-order valence-electron chi connectivity index (χ0n) is 15.4. The summed E-state index contributed by atoms with van der Waals surface area (Å²) < 4.78 is 7.42. The van der Waals surface area contributed by atoms with Crippen molar-refractivity contribution < 1.29 is 14.3 Å². The van der Waals surface area contributed by atoms with Gasteiger partial charge in [0.05, 0.1) is 24.0 Å². The molecule has 1 atom stereocenters. The Balaban J connectivity index is 1.45. The Kier molecular flexibility index (Phi) is 4.80. The Hall–Kier alpha value is -3.61. The van der Waals surface area contributed by atoms with Crippen LogP contribution < -0.4 is 15.0 Å². The van der Waals surface area contributed by atoms with Crippen molar-refractivity contribution in [2.75, 3.05) is 18.6 Å². The van der Waals surface area contributed by atoms with Gasteiger partial charge in [0.1, 0.15) is 18.4 Å². The quantitative estimate of drug-likeness (QED) is 0.756. The number of rotatable bonds is 4. The number of carbonyl (C=O) groups is 2. The van der Waals surface area contributed by atoms with E-state index in [0.29, 0.717) is 23.5 Å². The van der Waals surface area contributed by atoms with Crippen LogP contribution in [0.15, 0.2) is 67.0 Å². The minimum Gasteiger partial charge on any atom is -0.489 e. The fourth-order valence-electron chi connectivity index (χ4n) is 3.14. The molecule has 0 spiro atoms. The van der Waals surface area contributed by atoms with Crippen molar-refractivity contribution in [3.8, 4) is 5.75 Å². The number of benzene rings is 2. The van der Waals surface area contributed by atoms with Crippen molar-refractivity contribution in [2.24, 2.45) is 0 Å². The van der Waals surface area contributed by atoms with Crippen LogP contribution in [0.1, 0.15) is 15.9 Å². The van der Waals surface area contributed by atoms with E-state index in [2.05, 4.69) is 10.4 Å². The SMILES string of the molecule is CN1C(=O)[C@H](NC(=O)c2cnn(Cc3ccccc3)c2)COc2ccccc21. The molecule has 0 unspecified atom stereocenters. The van der Waals surface area contributed by atoms with E-state index < -0.39 is 6.04 Å². The summed E-state index contributed by atoms with van der Waals surface area (Å²) in [6, 6.07) is 16.4. The number of nitrogens with zero attached hydrogens (tertiary/aromatic N) is 3. The normalized spacial score (nSPS) is 16.1. The van der Waals surface area contributed by atoms with Gasteiger partial charge in [-0.25, -0.2) is 0 Å². The molecule has 0 saturated heterocycles. The van der Waals surface area contributed by atoms with Gasteiger partial charge in [-0.05, 0) is 17.7 Å². The first-order valence-electron chi connectivity index (χ1n) is 8.98. The number of hydrogen-bond acceptors (Lipinski definition) is 4. The van der Waals surface area contributed by atoms with Gasteiger partial charge in [-0.1, -0.05) is 42.5 Å². The number of fused-ring (bicyclic) bond motifs is 1. The smallest absolute Gasteiger partial charge is 0.255 e. The fraction of sp³-hybridized carbons (Fsp3) is 0.190. The summed E-state index contributed by atoms with van der Waals surface area (Å²) in [5, 5.41) is 7.00. The van der Waals surface area contributed by atoms with E-state index >= 15 is 0 Å². The predicted molar refractivity (Wildman–Crippen MR) is 104 cm³/mol. The van der Waals surface area contributed by atoms with Crippen molar-refractivity contribution in [2.45, 2.75) is 12.6 Å². The molecule has 1 aliphatic rings. The fourth-order valence-corrected chi connectivity index (χ4v) is 3.14. The Labute approximate surface area is 162 Å². The van der Waals surface area contributed by atoms with E-state index in [4.69, 9.17) is 4.74 Å². The van der Waals surface area contributed by atoms with E-state index in [9.17, 15) is 9.59 Å². The molecule has 1 N–H and O–H groups in total. The van der Waals surface area contributed by atoms with Crippen LogP contribution in [-0.2, 0) is 11.3 Å². The lowest BCUT2D eigenvalue weighted by Gasteiger charge is -2.20. The maximum Gasteiger partial charge on any atom is 0.255 e. The van der Waals surface area contributed by atoms with Gasteiger partial charge in [-0.3, -0.25) is 14.3 Å². The second-order valence-corrected chi connectivity index (χ2v) is 6.61. The summed E-state index contributed by atoms with van der Waals surface area (Å²) in [5.41, 5.74) is 2.16. The number of likely N-dealkylation sites (N-methyl/N-ethyl adjacent to an activating group) is 1. The lowest BCUT2D eigenvalue weighted by atomic mass is 10.2. The third kappa shape index (κ3) is 3.59. The largest absolute Gasteiger partial charge is 0.489 e. The zero-order chi connectivity index (χ0) is 19.5. The van der Waals surface area contributed by atoms with Gasteiger partial charge in [-0.2, -0.15) is 5.10 Å². The zero-order valence-corrected chi connectivity index (χ0v) is 15.4. The summed E-state index contributed by atoms with van der Waals surface area (Å²) in [5.74, 6) is 0.0291. The molecule has 7 heteroatoms. The molecule has 0 aliphatic carbocycles. The van der Waals surface area contributed by atoms with Gasteiger partial charge in [-0.15, -0.1) is 0 Å². The molecule has 0 radical (unpaired) electrons. The number of anilines is 1. The Morgan fingerprint density at radius 2 is 1.93 bits per heavy atom. The summed E-state index contributed by atoms with van der Waals surface area (Å²) in [6.45, 7) is 0.641. The van der Waals surface area contributed by atoms with Crippen molar-refractivity contribution in [3.05, 3.63) is 78.1 Å². The van der Waals surface area contributed by atoms with Crippen LogP contribution in [0.2, 0.25) is 0 Å². The monoisotopic (exact) mass is 376 g/mol. The minimum atomic E-state index is -0.776. The Bertz CT molecular complexity index is 1000. The number of nitrogens with one attached hydrogen (secondary N) is 1. The van der Waals surface area contributed by atoms with Crippen LogP contribution in [0.3, 0.4) is 0 Å². The van der Waals surface area contributed by atoms with E-state index in [-0.39, 0.29) is 18.4 Å².